The van der Waals surface area contributed by atoms with Crippen LogP contribution in [-0.4, -0.2) is 28.5 Å². The topological polar surface area (TPSA) is 46.6 Å². The third-order valence-electron chi connectivity index (χ3n) is 3.99. The number of hydrogen-bond acceptors (Lipinski definition) is 4. The van der Waals surface area contributed by atoms with E-state index in [0.717, 1.165) is 5.56 Å². The second-order valence-electron chi connectivity index (χ2n) is 6.55. The Morgan fingerprint density at radius 2 is 1.91 bits per heavy atom. The summed E-state index contributed by atoms with van der Waals surface area (Å²) in [6.07, 6.45) is -0.385. The average molecular weight is 321 g/mol. The van der Waals surface area contributed by atoms with Crippen molar-refractivity contribution in [1.29, 1.82) is 0 Å². The van der Waals surface area contributed by atoms with E-state index in [-0.39, 0.29) is 29.5 Å². The number of amides is 2. The first-order valence-corrected chi connectivity index (χ1v) is 8.03. The molecule has 0 unspecified atom stereocenters. The molecule has 2 atom stereocenters. The standard InChI is InChI=1S/C17H23NO3S/c1-11(2)15-17(3,4)21-16(20)18(15)14(19)10-13(22)12-8-6-5-7-9-12/h5-9,11,13,15,22H,10H2,1-4H3/t13-,15-/m0/s1. The number of imide groups is 1. The van der Waals surface area contributed by atoms with E-state index in [9.17, 15) is 9.59 Å². The SMILES string of the molecule is CC(C)[C@@H]1N(C(=O)C[C@H](S)c2ccccc2)C(=O)OC1(C)C. The number of benzene rings is 1. The number of rotatable bonds is 4. The lowest BCUT2D eigenvalue weighted by Crippen LogP contribution is -2.48. The Labute approximate surface area is 137 Å². The van der Waals surface area contributed by atoms with Crippen LogP contribution in [0.2, 0.25) is 0 Å². The monoisotopic (exact) mass is 321 g/mol. The molecule has 4 nitrogen and oxygen atoms in total. The lowest BCUT2D eigenvalue weighted by molar-refractivity contribution is -0.130. The number of hydrogen-bond donors (Lipinski definition) is 1. The highest BCUT2D eigenvalue weighted by atomic mass is 32.1. The molecule has 0 spiro atoms. The predicted octanol–water partition coefficient (Wildman–Crippen LogP) is 3.83. The molecule has 2 amide bonds. The summed E-state index contributed by atoms with van der Waals surface area (Å²) < 4.78 is 5.38. The number of ether oxygens (including phenoxy) is 1. The zero-order valence-electron chi connectivity index (χ0n) is 13.4. The van der Waals surface area contributed by atoms with Gasteiger partial charge in [-0.25, -0.2) is 9.69 Å². The smallest absolute Gasteiger partial charge is 0.417 e. The van der Waals surface area contributed by atoms with Gasteiger partial charge in [-0.05, 0) is 25.3 Å². The van der Waals surface area contributed by atoms with Crippen molar-refractivity contribution >= 4 is 24.6 Å². The summed E-state index contributed by atoms with van der Waals surface area (Å²) in [5.41, 5.74) is 0.298. The average Bonchev–Trinajstić information content (AvgIpc) is 2.68. The summed E-state index contributed by atoms with van der Waals surface area (Å²) in [6, 6.07) is 9.33. The van der Waals surface area contributed by atoms with E-state index in [1.54, 1.807) is 0 Å². The van der Waals surface area contributed by atoms with Crippen molar-refractivity contribution in [3.63, 3.8) is 0 Å². The predicted molar refractivity (Wildman–Crippen MR) is 88.8 cm³/mol. The molecule has 0 aromatic heterocycles. The zero-order chi connectivity index (χ0) is 16.5. The van der Waals surface area contributed by atoms with Gasteiger partial charge in [0.05, 0.1) is 6.04 Å². The Morgan fingerprint density at radius 3 is 2.45 bits per heavy atom. The van der Waals surface area contributed by atoms with Gasteiger partial charge >= 0.3 is 6.09 Å². The van der Waals surface area contributed by atoms with Gasteiger partial charge in [0, 0.05) is 11.7 Å². The number of cyclic esters (lactones) is 1. The Morgan fingerprint density at radius 1 is 1.32 bits per heavy atom. The summed E-state index contributed by atoms with van der Waals surface area (Å²) in [4.78, 5) is 26.0. The number of carbonyl (C=O) groups is 2. The number of nitrogens with zero attached hydrogens (tertiary/aromatic N) is 1. The van der Waals surface area contributed by atoms with E-state index >= 15 is 0 Å². The van der Waals surface area contributed by atoms with Gasteiger partial charge in [-0.2, -0.15) is 12.6 Å². The van der Waals surface area contributed by atoms with Gasteiger partial charge in [0.1, 0.15) is 5.60 Å². The molecular formula is C17H23NO3S. The molecule has 1 aromatic carbocycles. The maximum absolute atomic E-state index is 12.6. The molecule has 1 heterocycles. The molecule has 0 radical (unpaired) electrons. The molecule has 1 fully saturated rings. The van der Waals surface area contributed by atoms with Crippen LogP contribution in [-0.2, 0) is 9.53 Å². The van der Waals surface area contributed by atoms with Crippen LogP contribution in [0.1, 0.15) is 44.9 Å². The van der Waals surface area contributed by atoms with Crippen molar-refractivity contribution in [1.82, 2.24) is 4.90 Å². The molecule has 22 heavy (non-hydrogen) atoms. The normalized spacial score (nSPS) is 21.8. The second kappa shape index (κ2) is 6.32. The molecule has 0 saturated carbocycles. The van der Waals surface area contributed by atoms with Gasteiger partial charge in [-0.3, -0.25) is 4.79 Å². The first kappa shape index (κ1) is 16.9. The minimum absolute atomic E-state index is 0.125. The van der Waals surface area contributed by atoms with Gasteiger partial charge in [-0.1, -0.05) is 44.2 Å². The summed E-state index contributed by atoms with van der Waals surface area (Å²) in [5, 5.41) is -0.238. The third-order valence-corrected chi connectivity index (χ3v) is 4.47. The molecule has 0 bridgehead atoms. The summed E-state index contributed by atoms with van der Waals surface area (Å²) in [6.45, 7) is 7.67. The fraction of sp³-hybridized carbons (Fsp3) is 0.529. The van der Waals surface area contributed by atoms with Crippen LogP contribution in [0, 0.1) is 5.92 Å². The van der Waals surface area contributed by atoms with Crippen LogP contribution in [0.25, 0.3) is 0 Å². The highest BCUT2D eigenvalue weighted by molar-refractivity contribution is 7.80. The van der Waals surface area contributed by atoms with E-state index in [0.29, 0.717) is 0 Å². The van der Waals surface area contributed by atoms with Gasteiger partial charge < -0.3 is 4.74 Å². The van der Waals surface area contributed by atoms with Crippen molar-refractivity contribution in [2.45, 2.75) is 51.0 Å². The Hall–Kier alpha value is -1.49. The van der Waals surface area contributed by atoms with Crippen LogP contribution in [0.15, 0.2) is 30.3 Å². The van der Waals surface area contributed by atoms with Crippen molar-refractivity contribution in [2.24, 2.45) is 5.92 Å². The molecule has 1 aliphatic heterocycles. The van der Waals surface area contributed by atoms with E-state index in [4.69, 9.17) is 4.74 Å². The van der Waals surface area contributed by atoms with Crippen LogP contribution in [0.5, 0.6) is 0 Å². The van der Waals surface area contributed by atoms with Gasteiger partial charge in [0.15, 0.2) is 0 Å². The number of thiol groups is 1. The zero-order valence-corrected chi connectivity index (χ0v) is 14.3. The first-order chi connectivity index (χ1) is 10.2. The summed E-state index contributed by atoms with van der Waals surface area (Å²) in [5.74, 6) is -0.112. The molecule has 1 aromatic rings. The van der Waals surface area contributed by atoms with Crippen LogP contribution in [0.3, 0.4) is 0 Å². The maximum Gasteiger partial charge on any atom is 0.417 e. The molecule has 2 rings (SSSR count). The summed E-state index contributed by atoms with van der Waals surface area (Å²) >= 11 is 4.51. The largest absolute Gasteiger partial charge is 0.441 e. The Kier molecular flexibility index (Phi) is 4.85. The minimum Gasteiger partial charge on any atom is -0.441 e. The Bertz CT molecular complexity index is 556. The molecular weight excluding hydrogens is 298 g/mol. The quantitative estimate of drug-likeness (QED) is 0.857. The van der Waals surface area contributed by atoms with Gasteiger partial charge in [0.25, 0.3) is 0 Å². The van der Waals surface area contributed by atoms with Gasteiger partial charge in [-0.15, -0.1) is 0 Å². The van der Waals surface area contributed by atoms with Crippen LogP contribution < -0.4 is 0 Å². The fourth-order valence-corrected chi connectivity index (χ4v) is 3.50. The first-order valence-electron chi connectivity index (χ1n) is 7.52. The highest BCUT2D eigenvalue weighted by Gasteiger charge is 2.51. The fourth-order valence-electron chi connectivity index (χ4n) is 3.17. The molecule has 1 saturated heterocycles. The molecule has 0 aliphatic carbocycles. The lowest BCUT2D eigenvalue weighted by Gasteiger charge is -2.31. The van der Waals surface area contributed by atoms with Crippen molar-refractivity contribution < 1.29 is 14.3 Å². The Balaban J connectivity index is 2.16. The molecule has 120 valence electrons. The molecule has 5 heteroatoms. The van der Waals surface area contributed by atoms with Crippen molar-refractivity contribution in [3.05, 3.63) is 35.9 Å². The van der Waals surface area contributed by atoms with E-state index < -0.39 is 11.7 Å². The summed E-state index contributed by atoms with van der Waals surface area (Å²) in [7, 11) is 0. The molecule has 0 N–H and O–H groups in total. The van der Waals surface area contributed by atoms with E-state index in [2.05, 4.69) is 12.6 Å². The van der Waals surface area contributed by atoms with Crippen molar-refractivity contribution in [3.8, 4) is 0 Å². The van der Waals surface area contributed by atoms with E-state index in [1.165, 1.54) is 4.90 Å². The number of carbonyl (C=O) groups excluding carboxylic acids is 2. The minimum atomic E-state index is -0.667. The van der Waals surface area contributed by atoms with Gasteiger partial charge in [0.2, 0.25) is 5.91 Å². The maximum atomic E-state index is 12.6. The second-order valence-corrected chi connectivity index (χ2v) is 7.18. The van der Waals surface area contributed by atoms with E-state index in [1.807, 2.05) is 58.0 Å². The van der Waals surface area contributed by atoms with Crippen LogP contribution in [0.4, 0.5) is 4.79 Å². The van der Waals surface area contributed by atoms with Crippen molar-refractivity contribution in [2.75, 3.05) is 0 Å². The third kappa shape index (κ3) is 3.29. The van der Waals surface area contributed by atoms with Crippen LogP contribution >= 0.6 is 12.6 Å². The lowest BCUT2D eigenvalue weighted by atomic mass is 9.88. The highest BCUT2D eigenvalue weighted by Crippen LogP contribution is 2.36. The molecule has 1 aliphatic rings.